The lowest BCUT2D eigenvalue weighted by atomic mass is 9.66. The molecule has 0 N–H and O–H groups in total. The van der Waals surface area contributed by atoms with Crippen molar-refractivity contribution in [1.82, 2.24) is 4.90 Å². The zero-order chi connectivity index (χ0) is 20.2. The van der Waals surface area contributed by atoms with Gasteiger partial charge in [0.1, 0.15) is 11.6 Å². The molecule has 5 atom stereocenters. The van der Waals surface area contributed by atoms with Crippen LogP contribution in [0.15, 0.2) is 0 Å². The maximum absolute atomic E-state index is 12.8. The molecular weight excluding hydrogens is 362 g/mol. The summed E-state index contributed by atoms with van der Waals surface area (Å²) in [6.45, 7) is 0.613. The largest absolute Gasteiger partial charge is 0.339 e. The first-order valence-corrected chi connectivity index (χ1v) is 12.5. The number of amides is 1. The number of carbonyl (C=O) groups is 3. The molecule has 0 aromatic rings. The lowest BCUT2D eigenvalue weighted by Gasteiger charge is -2.43. The van der Waals surface area contributed by atoms with Crippen LogP contribution in [0.5, 0.6) is 0 Å². The number of Topliss-reactive ketones (excluding diaryl/α,β-unsaturated/α-hetero) is 2. The highest BCUT2D eigenvalue weighted by Gasteiger charge is 2.40. The second-order valence-corrected chi connectivity index (χ2v) is 10.2. The Hall–Kier alpha value is -1.19. The van der Waals surface area contributed by atoms with Crippen LogP contribution in [-0.4, -0.2) is 35.0 Å². The molecule has 3 saturated carbocycles. The number of likely N-dealkylation sites (tertiary alicyclic amines) is 1. The van der Waals surface area contributed by atoms with Crippen LogP contribution in [-0.2, 0) is 14.4 Å². The van der Waals surface area contributed by atoms with Crippen LogP contribution < -0.4 is 0 Å². The number of ketones is 2. The Bertz CT molecular complexity index is 615. The minimum absolute atomic E-state index is 0.0953. The van der Waals surface area contributed by atoms with Crippen molar-refractivity contribution in [3.63, 3.8) is 0 Å². The smallest absolute Gasteiger partial charge is 0.222 e. The topological polar surface area (TPSA) is 54.5 Å². The molecule has 4 aliphatic rings. The van der Waals surface area contributed by atoms with Crippen LogP contribution in [0.4, 0.5) is 0 Å². The van der Waals surface area contributed by atoms with Crippen molar-refractivity contribution in [3.05, 3.63) is 0 Å². The van der Waals surface area contributed by atoms with E-state index in [2.05, 4.69) is 0 Å². The highest BCUT2D eigenvalue weighted by molar-refractivity contribution is 5.86. The summed E-state index contributed by atoms with van der Waals surface area (Å²) in [6, 6.07) is 0.157. The van der Waals surface area contributed by atoms with Crippen LogP contribution >= 0.6 is 0 Å². The molecule has 4 rings (SSSR count). The Morgan fingerprint density at radius 3 is 2.41 bits per heavy atom. The van der Waals surface area contributed by atoms with Crippen LogP contribution in [0.25, 0.3) is 0 Å². The van der Waals surface area contributed by atoms with Gasteiger partial charge in [0.2, 0.25) is 5.91 Å². The molecule has 0 aromatic carbocycles. The molecule has 1 amide bonds. The van der Waals surface area contributed by atoms with E-state index in [9.17, 15) is 14.4 Å². The number of hydrogen-bond donors (Lipinski definition) is 0. The predicted octanol–water partition coefficient (Wildman–Crippen LogP) is 5.08. The summed E-state index contributed by atoms with van der Waals surface area (Å²) in [4.78, 5) is 39.7. The van der Waals surface area contributed by atoms with Gasteiger partial charge in [0, 0.05) is 43.7 Å². The number of rotatable bonds is 6. The summed E-state index contributed by atoms with van der Waals surface area (Å²) in [5.74, 6) is 3.13. The molecule has 0 bridgehead atoms. The highest BCUT2D eigenvalue weighted by Crippen LogP contribution is 2.43. The zero-order valence-electron chi connectivity index (χ0n) is 18.1. The van der Waals surface area contributed by atoms with Gasteiger partial charge < -0.3 is 4.90 Å². The fourth-order valence-electron chi connectivity index (χ4n) is 6.84. The fraction of sp³-hybridized carbons (Fsp3) is 0.880. The first-order chi connectivity index (χ1) is 14.1. The van der Waals surface area contributed by atoms with E-state index in [0.717, 1.165) is 63.2 Å². The van der Waals surface area contributed by atoms with Crippen LogP contribution in [0.3, 0.4) is 0 Å². The van der Waals surface area contributed by atoms with Gasteiger partial charge in [-0.05, 0) is 56.8 Å². The highest BCUT2D eigenvalue weighted by atomic mass is 16.2. The summed E-state index contributed by atoms with van der Waals surface area (Å²) < 4.78 is 0. The van der Waals surface area contributed by atoms with E-state index < -0.39 is 0 Å². The Morgan fingerprint density at radius 2 is 1.55 bits per heavy atom. The molecule has 0 radical (unpaired) electrons. The van der Waals surface area contributed by atoms with Gasteiger partial charge in [-0.1, -0.05) is 38.5 Å². The standard InChI is InChI=1S/C25H39NO3/c27-23(20-14-13-18-7-1-2-8-19(18)17-20)11-5-6-12-25(29)26-16-15-24(28)21-9-3-4-10-22(21)26/h18-22H,1-17H2. The number of nitrogens with zero attached hydrogens (tertiary/aromatic N) is 1. The summed E-state index contributed by atoms with van der Waals surface area (Å²) in [6.07, 6.45) is 16.6. The molecule has 1 saturated heterocycles. The Kier molecular flexibility index (Phi) is 7.08. The van der Waals surface area contributed by atoms with Crippen molar-refractivity contribution >= 4 is 17.5 Å². The lowest BCUT2D eigenvalue weighted by molar-refractivity contribution is -0.143. The van der Waals surface area contributed by atoms with E-state index in [0.29, 0.717) is 43.3 Å². The summed E-state index contributed by atoms with van der Waals surface area (Å²) >= 11 is 0. The molecule has 1 heterocycles. The molecule has 4 fully saturated rings. The number of piperidine rings is 1. The molecular formula is C25H39NO3. The third-order valence-corrected chi connectivity index (χ3v) is 8.52. The molecule has 1 aliphatic heterocycles. The Labute approximate surface area is 176 Å². The minimum Gasteiger partial charge on any atom is -0.339 e. The van der Waals surface area contributed by atoms with E-state index in [4.69, 9.17) is 0 Å². The van der Waals surface area contributed by atoms with E-state index >= 15 is 0 Å². The predicted molar refractivity (Wildman–Crippen MR) is 113 cm³/mol. The zero-order valence-corrected chi connectivity index (χ0v) is 18.1. The number of carbonyl (C=O) groups excluding carboxylic acids is 3. The van der Waals surface area contributed by atoms with Crippen molar-refractivity contribution in [2.45, 2.75) is 109 Å². The molecule has 4 nitrogen and oxygen atoms in total. The Morgan fingerprint density at radius 1 is 0.828 bits per heavy atom. The van der Waals surface area contributed by atoms with Gasteiger partial charge in [-0.15, -0.1) is 0 Å². The fourth-order valence-corrected chi connectivity index (χ4v) is 6.84. The van der Waals surface area contributed by atoms with Crippen LogP contribution in [0.1, 0.15) is 103 Å². The second-order valence-electron chi connectivity index (χ2n) is 10.2. The van der Waals surface area contributed by atoms with Gasteiger partial charge in [-0.2, -0.15) is 0 Å². The maximum atomic E-state index is 12.8. The quantitative estimate of drug-likeness (QED) is 0.583. The first kappa shape index (κ1) is 21.1. The van der Waals surface area contributed by atoms with Gasteiger partial charge in [0.15, 0.2) is 0 Å². The maximum Gasteiger partial charge on any atom is 0.222 e. The summed E-state index contributed by atoms with van der Waals surface area (Å²) in [7, 11) is 0. The Balaban J connectivity index is 1.18. The molecule has 4 heteroatoms. The lowest BCUT2D eigenvalue weighted by Crippen LogP contribution is -2.53. The van der Waals surface area contributed by atoms with Crippen molar-refractivity contribution in [2.75, 3.05) is 6.54 Å². The molecule has 0 aromatic heterocycles. The monoisotopic (exact) mass is 401 g/mol. The summed E-state index contributed by atoms with van der Waals surface area (Å²) in [5.41, 5.74) is 0. The van der Waals surface area contributed by atoms with E-state index in [1.54, 1.807) is 0 Å². The second kappa shape index (κ2) is 9.75. The normalized spacial score (nSPS) is 35.0. The van der Waals surface area contributed by atoms with Crippen LogP contribution in [0.2, 0.25) is 0 Å². The number of unbranched alkanes of at least 4 members (excludes halogenated alkanes) is 1. The van der Waals surface area contributed by atoms with Crippen molar-refractivity contribution in [2.24, 2.45) is 23.7 Å². The average Bonchev–Trinajstić information content (AvgIpc) is 2.76. The van der Waals surface area contributed by atoms with E-state index in [1.807, 2.05) is 4.90 Å². The number of fused-ring (bicyclic) bond motifs is 2. The van der Waals surface area contributed by atoms with Gasteiger partial charge in [-0.25, -0.2) is 0 Å². The van der Waals surface area contributed by atoms with Crippen molar-refractivity contribution < 1.29 is 14.4 Å². The van der Waals surface area contributed by atoms with Crippen LogP contribution in [0, 0.1) is 23.7 Å². The van der Waals surface area contributed by atoms with Gasteiger partial charge in [-0.3, -0.25) is 14.4 Å². The average molecular weight is 402 g/mol. The first-order valence-electron chi connectivity index (χ1n) is 12.5. The van der Waals surface area contributed by atoms with Gasteiger partial charge >= 0.3 is 0 Å². The summed E-state index contributed by atoms with van der Waals surface area (Å²) in [5, 5.41) is 0. The minimum atomic E-state index is 0.0953. The molecule has 5 unspecified atom stereocenters. The third kappa shape index (κ3) is 4.94. The molecule has 29 heavy (non-hydrogen) atoms. The third-order valence-electron chi connectivity index (χ3n) is 8.52. The van der Waals surface area contributed by atoms with Crippen molar-refractivity contribution in [1.29, 1.82) is 0 Å². The number of hydrogen-bond acceptors (Lipinski definition) is 3. The molecule has 0 spiro atoms. The van der Waals surface area contributed by atoms with Crippen molar-refractivity contribution in [3.8, 4) is 0 Å². The molecule has 3 aliphatic carbocycles. The van der Waals surface area contributed by atoms with E-state index in [-0.39, 0.29) is 17.9 Å². The SMILES string of the molecule is O=C(CCCCC(=O)N1CCC(=O)C2CCCCC21)C1CCC2CCCCC2C1. The van der Waals surface area contributed by atoms with Gasteiger partial charge in [0.25, 0.3) is 0 Å². The van der Waals surface area contributed by atoms with E-state index in [1.165, 1.54) is 32.1 Å². The van der Waals surface area contributed by atoms with Gasteiger partial charge in [0.05, 0.1) is 0 Å². The molecule has 162 valence electrons.